The number of nitrogens with zero attached hydrogens (tertiary/aromatic N) is 4. The molecule has 7 nitrogen and oxygen atoms in total. The molecule has 3 aromatic carbocycles. The molecule has 0 spiro atoms. The monoisotopic (exact) mass is 466 g/mol. The lowest BCUT2D eigenvalue weighted by molar-refractivity contribution is 0.0805. The summed E-state index contributed by atoms with van der Waals surface area (Å²) < 4.78 is 3.28. The molecule has 0 fully saturated rings. The third-order valence-electron chi connectivity index (χ3n) is 6.78. The van der Waals surface area contributed by atoms with Crippen LogP contribution in [-0.2, 0) is 5.54 Å². The van der Waals surface area contributed by atoms with Crippen LogP contribution in [0.3, 0.4) is 0 Å². The summed E-state index contributed by atoms with van der Waals surface area (Å²) in [7, 11) is 0. The number of hydrogen-bond acceptors (Lipinski definition) is 5. The first-order valence-corrected chi connectivity index (χ1v) is 11.7. The molecule has 2 unspecified atom stereocenters. The van der Waals surface area contributed by atoms with Gasteiger partial charge in [-0.2, -0.15) is 4.98 Å². The third-order valence-corrected chi connectivity index (χ3v) is 6.78. The quantitative estimate of drug-likeness (QED) is 0.389. The van der Waals surface area contributed by atoms with Crippen LogP contribution in [0, 0.1) is 0 Å². The highest BCUT2D eigenvalue weighted by Crippen LogP contribution is 2.42. The van der Waals surface area contributed by atoms with Gasteiger partial charge in [-0.05, 0) is 23.6 Å². The Morgan fingerprint density at radius 1 is 0.886 bits per heavy atom. The highest BCUT2D eigenvalue weighted by Gasteiger charge is 2.40. The maximum absolute atomic E-state index is 13.5. The lowest BCUT2D eigenvalue weighted by atomic mass is 9.77. The molecule has 7 heteroatoms. The fraction of sp³-hybridized carbons (Fsp3) is 0.179. The maximum Gasteiger partial charge on any atom is 0.285 e. The highest BCUT2D eigenvalue weighted by molar-refractivity contribution is 5.73. The van der Waals surface area contributed by atoms with E-state index in [9.17, 15) is 9.90 Å². The largest absolute Gasteiger partial charge is 0.373 e. The summed E-state index contributed by atoms with van der Waals surface area (Å²) >= 11 is 0. The fourth-order valence-corrected chi connectivity index (χ4v) is 5.24. The van der Waals surface area contributed by atoms with Crippen molar-refractivity contribution < 1.29 is 5.11 Å². The lowest BCUT2D eigenvalue weighted by Gasteiger charge is -2.37. The van der Waals surface area contributed by atoms with Gasteiger partial charge in [-0.25, -0.2) is 9.55 Å². The van der Waals surface area contributed by atoms with Gasteiger partial charge in [0.1, 0.15) is 11.8 Å². The van der Waals surface area contributed by atoms with Crippen LogP contribution in [0.2, 0.25) is 0 Å². The molecule has 3 heterocycles. The molecule has 2 atom stereocenters. The molecule has 0 amide bonds. The van der Waals surface area contributed by atoms with E-state index in [0.717, 1.165) is 16.7 Å². The number of aliphatic hydroxyl groups excluding tert-OH is 1. The van der Waals surface area contributed by atoms with Crippen LogP contribution in [0.15, 0.2) is 102 Å². The summed E-state index contributed by atoms with van der Waals surface area (Å²) in [4.78, 5) is 22.9. The fourth-order valence-electron chi connectivity index (χ4n) is 5.24. The first-order valence-electron chi connectivity index (χ1n) is 11.7. The zero-order valence-corrected chi connectivity index (χ0v) is 19.2. The number of fused-ring (bicyclic) bond motifs is 2. The minimum atomic E-state index is -0.946. The molecule has 1 aliphatic rings. The number of aromatic nitrogens is 4. The Kier molecular flexibility index (Phi) is 5.00. The normalized spacial score (nSPS) is 17.7. The van der Waals surface area contributed by atoms with Gasteiger partial charge in [-0.1, -0.05) is 91.0 Å². The molecule has 5 aromatic rings. The number of rotatable bonds is 4. The van der Waals surface area contributed by atoms with Crippen molar-refractivity contribution in [2.45, 2.75) is 31.2 Å². The predicted molar refractivity (Wildman–Crippen MR) is 135 cm³/mol. The van der Waals surface area contributed by atoms with E-state index in [1.165, 1.54) is 4.57 Å². The van der Waals surface area contributed by atoms with E-state index in [0.29, 0.717) is 18.0 Å². The van der Waals surface area contributed by atoms with Crippen LogP contribution in [0.4, 0.5) is 5.95 Å². The number of anilines is 1. The van der Waals surface area contributed by atoms with Gasteiger partial charge in [0.15, 0.2) is 11.2 Å². The molecule has 0 saturated heterocycles. The Balaban J connectivity index is 1.76. The van der Waals surface area contributed by atoms with Crippen molar-refractivity contribution in [2.75, 3.05) is 5.32 Å². The van der Waals surface area contributed by atoms with E-state index in [1.807, 2.05) is 66.1 Å². The molecule has 174 valence electrons. The second-order valence-electron chi connectivity index (χ2n) is 8.97. The van der Waals surface area contributed by atoms with E-state index < -0.39 is 11.8 Å². The first kappa shape index (κ1) is 21.3. The number of aliphatic hydroxyl groups is 1. The molecule has 2 aromatic heterocycles. The van der Waals surface area contributed by atoms with Crippen LogP contribution in [-0.4, -0.2) is 30.3 Å². The molecule has 35 heavy (non-hydrogen) atoms. The van der Waals surface area contributed by atoms with Crippen LogP contribution in [0.25, 0.3) is 11.2 Å². The van der Waals surface area contributed by atoms with E-state index in [4.69, 9.17) is 4.98 Å². The van der Waals surface area contributed by atoms with Gasteiger partial charge < -0.3 is 10.4 Å². The molecule has 0 radical (unpaired) electrons. The average molecular weight is 467 g/mol. The number of benzene rings is 3. The summed E-state index contributed by atoms with van der Waals surface area (Å²) in [5.74, 6) is 0.346. The summed E-state index contributed by atoms with van der Waals surface area (Å²) in [6.07, 6.45) is 1.16. The number of nitrogens with one attached hydrogen (secondary N) is 1. The Bertz CT molecular complexity index is 1450. The van der Waals surface area contributed by atoms with Crippen LogP contribution < -0.4 is 10.9 Å². The van der Waals surface area contributed by atoms with Crippen molar-refractivity contribution in [1.82, 2.24) is 19.1 Å². The molecule has 0 saturated carbocycles. The van der Waals surface area contributed by atoms with Gasteiger partial charge in [0, 0.05) is 12.5 Å². The molecule has 1 aliphatic heterocycles. The second-order valence-corrected chi connectivity index (χ2v) is 8.97. The Morgan fingerprint density at radius 3 is 1.91 bits per heavy atom. The predicted octanol–water partition coefficient (Wildman–Crippen LogP) is 4.13. The zero-order valence-electron chi connectivity index (χ0n) is 19.2. The summed E-state index contributed by atoms with van der Waals surface area (Å²) in [6.45, 7) is 1.96. The van der Waals surface area contributed by atoms with Crippen LogP contribution in [0.5, 0.6) is 0 Å². The minimum absolute atomic E-state index is 0.0205. The molecule has 0 aliphatic carbocycles. The van der Waals surface area contributed by atoms with Crippen molar-refractivity contribution in [1.29, 1.82) is 0 Å². The molecule has 0 bridgehead atoms. The van der Waals surface area contributed by atoms with Crippen molar-refractivity contribution in [2.24, 2.45) is 0 Å². The van der Waals surface area contributed by atoms with Crippen LogP contribution >= 0.6 is 0 Å². The summed E-state index contributed by atoms with van der Waals surface area (Å²) in [5, 5.41) is 13.9. The molecule has 6 rings (SSSR count). The van der Waals surface area contributed by atoms with E-state index in [-0.39, 0.29) is 17.1 Å². The van der Waals surface area contributed by atoms with Gasteiger partial charge in [0.05, 0.1) is 6.33 Å². The number of imidazole rings is 1. The Labute approximate surface area is 202 Å². The Morgan fingerprint density at radius 2 is 1.40 bits per heavy atom. The SMILES string of the molecule is CC1CC(O)n2c(n[13c]3[13c]([15n]cn3C(c3ccccc3)(c3ccccc3)c3ccccc3)c2=O)N1. The van der Waals surface area contributed by atoms with E-state index in [1.54, 1.807) is 6.33 Å². The van der Waals surface area contributed by atoms with E-state index >= 15 is 0 Å². The summed E-state index contributed by atoms with van der Waals surface area (Å²) in [5.41, 5.74) is 2.50. The lowest BCUT2D eigenvalue weighted by Crippen LogP contribution is -2.40. The third kappa shape index (κ3) is 3.19. The smallest absolute Gasteiger partial charge is 0.285 e. The van der Waals surface area contributed by atoms with Crippen molar-refractivity contribution >= 4 is 17.1 Å². The zero-order chi connectivity index (χ0) is 24.0. The average Bonchev–Trinajstić information content (AvgIpc) is 3.31. The van der Waals surface area contributed by atoms with Gasteiger partial charge in [0.25, 0.3) is 5.56 Å². The maximum atomic E-state index is 13.5. The van der Waals surface area contributed by atoms with Crippen molar-refractivity contribution in [3.63, 3.8) is 0 Å². The van der Waals surface area contributed by atoms with Crippen LogP contribution in [0.1, 0.15) is 36.3 Å². The van der Waals surface area contributed by atoms with Crippen molar-refractivity contribution in [3.8, 4) is 0 Å². The van der Waals surface area contributed by atoms with Gasteiger partial charge in [0.2, 0.25) is 5.95 Å². The van der Waals surface area contributed by atoms with E-state index in [2.05, 4.69) is 46.7 Å². The topological polar surface area (TPSA) is 85.0 Å². The molecular formula is C28H25N5O2. The van der Waals surface area contributed by atoms with Crippen molar-refractivity contribution in [3.05, 3.63) is 124 Å². The Hall–Kier alpha value is -4.23. The van der Waals surface area contributed by atoms with Gasteiger partial charge in [-0.3, -0.25) is 9.36 Å². The molecular weight excluding hydrogens is 441 g/mol. The standard InChI is InChI=1S/C28H25N5O2/c1-19-17-23(34)33-26(35)24-25(31-27(33)30-19)32(18-29-24)28(20-11-5-2-6-12-20,21-13-7-3-8-14-21)22-15-9-4-10-16-22/h2-16,18-19,23,34H,17H2,1H3,(H,30,31)/i24+1,25+1,29+1. The molecule has 2 N–H and O–H groups in total. The second kappa shape index (κ2) is 8.21. The highest BCUT2D eigenvalue weighted by atomic mass is 16.3. The van der Waals surface area contributed by atoms with Gasteiger partial charge >= 0.3 is 0 Å². The number of hydrogen-bond donors (Lipinski definition) is 2. The minimum Gasteiger partial charge on any atom is -0.373 e. The van der Waals surface area contributed by atoms with Gasteiger partial charge in [-0.15, -0.1) is 0 Å². The first-order chi connectivity index (χ1) is 17.1. The summed E-state index contributed by atoms with van der Waals surface area (Å²) in [6, 6.07) is 30.5.